The minimum atomic E-state index is -1.61. The Morgan fingerprint density at radius 2 is 1.23 bits per heavy atom. The van der Waals surface area contributed by atoms with Crippen LogP contribution in [0.25, 0.3) is 0 Å². The van der Waals surface area contributed by atoms with Crippen LogP contribution in [0.4, 0.5) is 0 Å². The molecule has 0 heterocycles. The topological polar surface area (TPSA) is 347 Å². The number of hydrogen-bond donors (Lipinski definition) is 11. The lowest BCUT2D eigenvalue weighted by Crippen LogP contribution is -2.52. The molecular formula is C29H51N7O12. The van der Waals surface area contributed by atoms with Crippen molar-refractivity contribution in [3.05, 3.63) is 0 Å². The Morgan fingerprint density at radius 3 is 1.69 bits per heavy atom. The summed E-state index contributed by atoms with van der Waals surface area (Å²) in [5.74, 6) is -10.2. The van der Waals surface area contributed by atoms with Gasteiger partial charge in [0.05, 0.1) is 37.4 Å². The molecule has 0 rings (SSSR count). The number of Topliss-reactive ketones (excluding diaryl/α,β-unsaturated/α-hetero) is 3. The van der Waals surface area contributed by atoms with Crippen LogP contribution in [0.5, 0.6) is 0 Å². The number of aliphatic imine (C=N–C) groups is 1. The van der Waals surface area contributed by atoms with Gasteiger partial charge in [0.15, 0.2) is 23.3 Å². The molecule has 3 amide bonds. The molecule has 48 heavy (non-hydrogen) atoms. The SMILES string of the molecule is CN[C@H](C(=O)C[C@@H](CCCN=C(N)N)C(=O)N[C@@H](CO)C(=O)C[C@@H](CO)C(=O)N[C@H](C(=O)C[C@@H](CCC(=O)O)C(N)=O)[C@@H](C)O)[C@@H](C)O. The molecule has 0 spiro atoms. The predicted molar refractivity (Wildman–Crippen MR) is 170 cm³/mol. The Morgan fingerprint density at radius 1 is 0.708 bits per heavy atom. The van der Waals surface area contributed by atoms with Gasteiger partial charge in [-0.05, 0) is 40.2 Å². The van der Waals surface area contributed by atoms with Gasteiger partial charge in [-0.2, -0.15) is 0 Å². The van der Waals surface area contributed by atoms with Crippen molar-refractivity contribution < 1.29 is 59.1 Å². The summed E-state index contributed by atoms with van der Waals surface area (Å²) in [7, 11) is 1.46. The second-order valence-electron chi connectivity index (χ2n) is 11.5. The molecule has 19 heteroatoms. The molecule has 0 bridgehead atoms. The number of nitrogens with two attached hydrogens (primary N) is 3. The minimum Gasteiger partial charge on any atom is -0.481 e. The summed E-state index contributed by atoms with van der Waals surface area (Å²) in [6.45, 7) is 0.850. The average molecular weight is 690 g/mol. The maximum Gasteiger partial charge on any atom is 0.303 e. The number of aliphatic hydroxyl groups is 4. The number of hydrogen-bond acceptors (Lipinski definition) is 13. The molecule has 8 atom stereocenters. The van der Waals surface area contributed by atoms with Crippen molar-refractivity contribution >= 4 is 47.0 Å². The average Bonchev–Trinajstić information content (AvgIpc) is 2.99. The molecule has 0 radical (unpaired) electrons. The van der Waals surface area contributed by atoms with E-state index in [9.17, 15) is 54.0 Å². The van der Waals surface area contributed by atoms with Crippen LogP contribution < -0.4 is 33.2 Å². The number of aliphatic hydroxyl groups excluding tert-OH is 4. The van der Waals surface area contributed by atoms with Gasteiger partial charge in [-0.15, -0.1) is 0 Å². The number of carboxylic acids is 1. The number of amides is 3. The molecule has 0 aliphatic heterocycles. The van der Waals surface area contributed by atoms with Crippen LogP contribution in [0, 0.1) is 17.8 Å². The third-order valence-corrected chi connectivity index (χ3v) is 7.57. The molecule has 0 aromatic heterocycles. The number of nitrogens with one attached hydrogen (secondary N) is 3. The number of rotatable bonds is 26. The van der Waals surface area contributed by atoms with E-state index in [0.717, 1.165) is 6.92 Å². The number of likely N-dealkylation sites (N-methyl/N-ethyl adjacent to an activating group) is 1. The molecule has 0 aliphatic rings. The number of ketones is 3. The monoisotopic (exact) mass is 689 g/mol. The summed E-state index contributed by atoms with van der Waals surface area (Å²) < 4.78 is 0. The molecule has 0 fully saturated rings. The quantitative estimate of drug-likeness (QED) is 0.0231. The summed E-state index contributed by atoms with van der Waals surface area (Å²) >= 11 is 0. The zero-order valence-electron chi connectivity index (χ0n) is 27.5. The number of carbonyl (C=O) groups excluding carboxylic acids is 6. The summed E-state index contributed by atoms with van der Waals surface area (Å²) in [4.78, 5) is 91.3. The van der Waals surface area contributed by atoms with E-state index in [1.54, 1.807) is 0 Å². The van der Waals surface area contributed by atoms with Crippen LogP contribution >= 0.6 is 0 Å². The van der Waals surface area contributed by atoms with Crippen molar-refractivity contribution in [1.82, 2.24) is 16.0 Å². The van der Waals surface area contributed by atoms with Gasteiger partial charge in [0.1, 0.15) is 12.1 Å². The van der Waals surface area contributed by atoms with E-state index in [4.69, 9.17) is 22.3 Å². The largest absolute Gasteiger partial charge is 0.481 e. The van der Waals surface area contributed by atoms with Crippen molar-refractivity contribution in [2.45, 2.75) is 89.1 Å². The Kier molecular flexibility index (Phi) is 20.6. The van der Waals surface area contributed by atoms with Crippen LogP contribution in [0.2, 0.25) is 0 Å². The van der Waals surface area contributed by atoms with E-state index < -0.39 is 122 Å². The molecule has 0 saturated carbocycles. The predicted octanol–water partition coefficient (Wildman–Crippen LogP) is -4.58. The molecule has 0 saturated heterocycles. The highest BCUT2D eigenvalue weighted by Gasteiger charge is 2.34. The molecular weight excluding hydrogens is 638 g/mol. The van der Waals surface area contributed by atoms with E-state index in [0.29, 0.717) is 0 Å². The Labute approximate surface area is 278 Å². The van der Waals surface area contributed by atoms with Crippen molar-refractivity contribution in [3.8, 4) is 0 Å². The fourth-order valence-corrected chi connectivity index (χ4v) is 4.81. The number of carboxylic acid groups (broad SMARTS) is 1. The van der Waals surface area contributed by atoms with Crippen LogP contribution in [-0.2, 0) is 33.6 Å². The summed E-state index contributed by atoms with van der Waals surface area (Å²) in [5, 5.41) is 55.9. The number of carbonyl (C=O) groups is 7. The first-order valence-corrected chi connectivity index (χ1v) is 15.4. The molecule has 0 aromatic carbocycles. The molecule has 0 aromatic rings. The first-order chi connectivity index (χ1) is 22.4. The van der Waals surface area contributed by atoms with Gasteiger partial charge in [-0.1, -0.05) is 0 Å². The van der Waals surface area contributed by atoms with Gasteiger partial charge in [-0.3, -0.25) is 38.6 Å². The molecule has 19 nitrogen and oxygen atoms in total. The first kappa shape index (κ1) is 44.0. The Balaban J connectivity index is 5.73. The fourth-order valence-electron chi connectivity index (χ4n) is 4.81. The lowest BCUT2D eigenvalue weighted by Gasteiger charge is -2.25. The zero-order chi connectivity index (χ0) is 37.1. The molecule has 0 unspecified atom stereocenters. The molecule has 14 N–H and O–H groups in total. The minimum absolute atomic E-state index is 0.0836. The fraction of sp³-hybridized carbons (Fsp3) is 0.724. The highest BCUT2D eigenvalue weighted by Crippen LogP contribution is 2.17. The zero-order valence-corrected chi connectivity index (χ0v) is 27.5. The normalized spacial score (nSPS) is 16.1. The number of nitrogens with zero attached hydrogens (tertiary/aromatic N) is 1. The number of guanidine groups is 1. The van der Waals surface area contributed by atoms with E-state index in [2.05, 4.69) is 20.9 Å². The van der Waals surface area contributed by atoms with Crippen LogP contribution in [0.1, 0.15) is 58.8 Å². The van der Waals surface area contributed by atoms with Gasteiger partial charge < -0.3 is 58.7 Å². The summed E-state index contributed by atoms with van der Waals surface area (Å²) in [6, 6.07) is -4.16. The van der Waals surface area contributed by atoms with Gasteiger partial charge >= 0.3 is 5.97 Å². The van der Waals surface area contributed by atoms with E-state index in [1.165, 1.54) is 14.0 Å². The van der Waals surface area contributed by atoms with Gasteiger partial charge in [0.25, 0.3) is 0 Å². The first-order valence-electron chi connectivity index (χ1n) is 15.4. The maximum absolute atomic E-state index is 13.2. The second kappa shape index (κ2) is 22.5. The van der Waals surface area contributed by atoms with Gasteiger partial charge in [0.2, 0.25) is 17.7 Å². The number of primary amides is 1. The summed E-state index contributed by atoms with van der Waals surface area (Å²) in [6.07, 6.45) is -4.63. The van der Waals surface area contributed by atoms with Crippen LogP contribution in [-0.4, -0.2) is 130 Å². The summed E-state index contributed by atoms with van der Waals surface area (Å²) in [5.41, 5.74) is 15.9. The van der Waals surface area contributed by atoms with Crippen LogP contribution in [0.15, 0.2) is 4.99 Å². The Bertz CT molecular complexity index is 1140. The smallest absolute Gasteiger partial charge is 0.303 e. The van der Waals surface area contributed by atoms with E-state index in [-0.39, 0.29) is 38.2 Å². The molecule has 0 aliphatic carbocycles. The van der Waals surface area contributed by atoms with E-state index >= 15 is 0 Å². The Hall–Kier alpha value is -4.04. The van der Waals surface area contributed by atoms with Crippen LogP contribution in [0.3, 0.4) is 0 Å². The van der Waals surface area contributed by atoms with Crippen molar-refractivity contribution in [1.29, 1.82) is 0 Å². The highest BCUT2D eigenvalue weighted by molar-refractivity contribution is 5.96. The third-order valence-electron chi connectivity index (χ3n) is 7.57. The van der Waals surface area contributed by atoms with Crippen molar-refractivity contribution in [3.63, 3.8) is 0 Å². The third kappa shape index (κ3) is 16.2. The maximum atomic E-state index is 13.2. The highest BCUT2D eigenvalue weighted by atomic mass is 16.4. The van der Waals surface area contributed by atoms with Gasteiger partial charge in [-0.25, -0.2) is 0 Å². The standard InChI is InChI=1S/C29H51N7O12/c1-14(39)24(33-3)21(42)10-17(5-4-8-34-29(31)32)27(47)35-19(13-38)20(41)11-18(12-37)28(48)36-25(15(2)40)22(43)9-16(26(30)46)6-7-23(44)45/h14-19,24-25,33,37-40H,4-13H2,1-3H3,(H2,30,46)(H,35,47)(H,36,48)(H,44,45)(H4,31,32,34)/t14-,15-,16-,17-,18+,19+,24+,25+/m1/s1. The van der Waals surface area contributed by atoms with Crippen molar-refractivity contribution in [2.75, 3.05) is 26.8 Å². The lowest BCUT2D eigenvalue weighted by molar-refractivity contribution is -0.139. The van der Waals surface area contributed by atoms with Crippen molar-refractivity contribution in [2.24, 2.45) is 39.9 Å². The second-order valence-corrected chi connectivity index (χ2v) is 11.5. The molecule has 274 valence electrons. The van der Waals surface area contributed by atoms with E-state index in [1.807, 2.05) is 0 Å². The van der Waals surface area contributed by atoms with Gasteiger partial charge in [0, 0.05) is 44.1 Å². The lowest BCUT2D eigenvalue weighted by atomic mass is 9.90. The number of aliphatic carboxylic acids is 1.